The summed E-state index contributed by atoms with van der Waals surface area (Å²) in [4.78, 5) is 8.43. The van der Waals surface area contributed by atoms with Crippen LogP contribution in [-0.4, -0.2) is 48.4 Å². The number of nitrogens with zero attached hydrogens (tertiary/aromatic N) is 3. The van der Waals surface area contributed by atoms with E-state index in [9.17, 15) is 5.11 Å². The zero-order valence-electron chi connectivity index (χ0n) is 15.4. The average molecular weight is 457 g/mol. The number of anilines is 1. The van der Waals surface area contributed by atoms with Crippen LogP contribution < -0.4 is 14.4 Å². The predicted molar refractivity (Wildman–Crippen MR) is 110 cm³/mol. The van der Waals surface area contributed by atoms with E-state index in [1.165, 1.54) is 12.8 Å². The van der Waals surface area contributed by atoms with Crippen molar-refractivity contribution in [2.24, 2.45) is 10.9 Å². The summed E-state index contributed by atoms with van der Waals surface area (Å²) in [5.74, 6) is 2.52. The van der Waals surface area contributed by atoms with Crippen molar-refractivity contribution < 1.29 is 14.6 Å². The third-order valence-corrected chi connectivity index (χ3v) is 6.10. The molecule has 0 bridgehead atoms. The first-order chi connectivity index (χ1) is 13.0. The van der Waals surface area contributed by atoms with Gasteiger partial charge in [-0.3, -0.25) is 0 Å². The fraction of sp³-hybridized carbons (Fsp3) is 0.526. The smallest absolute Gasteiger partial charge is 0.186 e. The van der Waals surface area contributed by atoms with Crippen molar-refractivity contribution in [1.82, 2.24) is 4.90 Å². The summed E-state index contributed by atoms with van der Waals surface area (Å²) < 4.78 is 12.0. The summed E-state index contributed by atoms with van der Waals surface area (Å²) in [7, 11) is 1.62. The van der Waals surface area contributed by atoms with Gasteiger partial charge in [0.25, 0.3) is 0 Å². The fourth-order valence-electron chi connectivity index (χ4n) is 3.90. The molecule has 3 aliphatic rings. The molecule has 0 amide bonds. The Balaban J connectivity index is 1.71. The lowest BCUT2D eigenvalue weighted by Crippen LogP contribution is -2.54. The summed E-state index contributed by atoms with van der Waals surface area (Å²) in [6.07, 6.45) is 4.28. The molecule has 2 atom stereocenters. The monoisotopic (exact) mass is 455 g/mol. The molecule has 2 aliphatic heterocycles. The Hall–Kier alpha value is -1.44. The number of fused-ring (bicyclic) bond motifs is 1. The SMILES string of the molecule is CCC(C1CC1)N1C=C(Cl)N=C(N2CCOc3cc(OC)cc(Br)c32)C1O. The van der Waals surface area contributed by atoms with Crippen LogP contribution in [0, 0.1) is 5.92 Å². The molecule has 1 aromatic rings. The van der Waals surface area contributed by atoms with Crippen molar-refractivity contribution in [3.05, 3.63) is 28.0 Å². The zero-order chi connectivity index (χ0) is 19.1. The molecule has 0 spiro atoms. The van der Waals surface area contributed by atoms with Crippen LogP contribution in [-0.2, 0) is 0 Å². The number of methoxy groups -OCH3 is 1. The van der Waals surface area contributed by atoms with E-state index in [-0.39, 0.29) is 6.04 Å². The van der Waals surface area contributed by atoms with Gasteiger partial charge in [0.05, 0.1) is 19.3 Å². The first kappa shape index (κ1) is 18.9. The second-order valence-corrected chi connectivity index (χ2v) is 8.25. The molecular formula is C19H23BrClN3O3. The quantitative estimate of drug-likeness (QED) is 0.696. The largest absolute Gasteiger partial charge is 0.497 e. The number of benzene rings is 1. The van der Waals surface area contributed by atoms with Crippen molar-refractivity contribution in [3.8, 4) is 11.5 Å². The molecule has 0 radical (unpaired) electrons. The average Bonchev–Trinajstić information content (AvgIpc) is 3.49. The number of rotatable bonds is 4. The molecule has 1 aromatic carbocycles. The number of amidine groups is 1. The van der Waals surface area contributed by atoms with E-state index in [2.05, 4.69) is 27.8 Å². The van der Waals surface area contributed by atoms with E-state index in [4.69, 9.17) is 21.1 Å². The van der Waals surface area contributed by atoms with E-state index in [0.29, 0.717) is 41.6 Å². The number of ether oxygens (including phenoxy) is 2. The summed E-state index contributed by atoms with van der Waals surface area (Å²) in [5.41, 5.74) is 0.825. The van der Waals surface area contributed by atoms with Crippen molar-refractivity contribution in [2.45, 2.75) is 38.5 Å². The fourth-order valence-corrected chi connectivity index (χ4v) is 4.73. The van der Waals surface area contributed by atoms with Crippen LogP contribution in [0.4, 0.5) is 5.69 Å². The molecule has 27 heavy (non-hydrogen) atoms. The lowest BCUT2D eigenvalue weighted by atomic mass is 10.1. The Morgan fingerprint density at radius 1 is 1.44 bits per heavy atom. The third kappa shape index (κ3) is 3.52. The highest BCUT2D eigenvalue weighted by atomic mass is 79.9. The third-order valence-electron chi connectivity index (χ3n) is 5.31. The molecular weight excluding hydrogens is 434 g/mol. The van der Waals surface area contributed by atoms with Gasteiger partial charge >= 0.3 is 0 Å². The number of aliphatic imine (C=N–C) groups is 1. The standard InChI is InChI=1S/C19H23BrClN3O3/c1-3-14(11-4-5-11)24-10-16(21)22-18(19(24)25)23-6-7-27-15-9-12(26-2)8-13(20)17(15)23/h8-11,14,19,25H,3-7H2,1-2H3. The van der Waals surface area contributed by atoms with E-state index in [1.807, 2.05) is 21.9 Å². The molecule has 2 heterocycles. The number of hydrogen-bond acceptors (Lipinski definition) is 6. The Labute approximate surface area is 172 Å². The molecule has 1 saturated carbocycles. The van der Waals surface area contributed by atoms with Crippen LogP contribution in [0.3, 0.4) is 0 Å². The normalized spacial score (nSPS) is 23.2. The maximum atomic E-state index is 11.2. The topological polar surface area (TPSA) is 57.5 Å². The van der Waals surface area contributed by atoms with Crippen LogP contribution >= 0.6 is 27.5 Å². The van der Waals surface area contributed by atoms with Crippen molar-refractivity contribution in [1.29, 1.82) is 0 Å². The molecule has 0 aromatic heterocycles. The highest BCUT2D eigenvalue weighted by Gasteiger charge is 2.40. The number of halogens is 2. The molecule has 1 aliphatic carbocycles. The first-order valence-corrected chi connectivity index (χ1v) is 10.4. The van der Waals surface area contributed by atoms with Gasteiger partial charge in [-0.25, -0.2) is 4.99 Å². The molecule has 8 heteroatoms. The number of aliphatic hydroxyl groups is 1. The van der Waals surface area contributed by atoms with Gasteiger partial charge in [0.2, 0.25) is 0 Å². The lowest BCUT2D eigenvalue weighted by molar-refractivity contribution is 0.0499. The number of hydrogen-bond donors (Lipinski definition) is 1. The summed E-state index contributed by atoms with van der Waals surface area (Å²) in [5, 5.41) is 11.5. The summed E-state index contributed by atoms with van der Waals surface area (Å²) >= 11 is 9.97. The summed E-state index contributed by atoms with van der Waals surface area (Å²) in [6.45, 7) is 3.21. The maximum Gasteiger partial charge on any atom is 0.186 e. The van der Waals surface area contributed by atoms with Gasteiger partial charge in [0.15, 0.2) is 12.1 Å². The maximum absolute atomic E-state index is 11.2. The van der Waals surface area contributed by atoms with Crippen LogP contribution in [0.5, 0.6) is 11.5 Å². The van der Waals surface area contributed by atoms with Gasteiger partial charge in [0.1, 0.15) is 23.3 Å². The molecule has 2 unspecified atom stereocenters. The molecule has 6 nitrogen and oxygen atoms in total. The van der Waals surface area contributed by atoms with Crippen molar-refractivity contribution in [3.63, 3.8) is 0 Å². The Bertz CT molecular complexity index is 797. The van der Waals surface area contributed by atoms with Crippen LogP contribution in [0.1, 0.15) is 26.2 Å². The van der Waals surface area contributed by atoms with Crippen molar-refractivity contribution in [2.75, 3.05) is 25.2 Å². The highest BCUT2D eigenvalue weighted by molar-refractivity contribution is 9.10. The van der Waals surface area contributed by atoms with E-state index in [1.54, 1.807) is 13.3 Å². The minimum absolute atomic E-state index is 0.263. The Kier molecular flexibility index (Phi) is 5.27. The molecule has 4 rings (SSSR count). The highest BCUT2D eigenvalue weighted by Crippen LogP contribution is 2.44. The Morgan fingerprint density at radius 2 is 2.22 bits per heavy atom. The predicted octanol–water partition coefficient (Wildman–Crippen LogP) is 3.92. The zero-order valence-corrected chi connectivity index (χ0v) is 17.7. The second kappa shape index (κ2) is 7.53. The van der Waals surface area contributed by atoms with Gasteiger partial charge in [0, 0.05) is 22.8 Å². The minimum Gasteiger partial charge on any atom is -0.497 e. The minimum atomic E-state index is -0.849. The summed E-state index contributed by atoms with van der Waals surface area (Å²) in [6, 6.07) is 3.99. The van der Waals surface area contributed by atoms with Gasteiger partial charge in [-0.15, -0.1) is 0 Å². The van der Waals surface area contributed by atoms with Gasteiger partial charge in [-0.1, -0.05) is 18.5 Å². The number of aliphatic hydroxyl groups excluding tert-OH is 1. The molecule has 146 valence electrons. The van der Waals surface area contributed by atoms with E-state index >= 15 is 0 Å². The van der Waals surface area contributed by atoms with Crippen LogP contribution in [0.2, 0.25) is 0 Å². The second-order valence-electron chi connectivity index (χ2n) is 7.01. The van der Waals surface area contributed by atoms with Gasteiger partial charge in [-0.2, -0.15) is 0 Å². The van der Waals surface area contributed by atoms with Crippen LogP contribution in [0.15, 0.2) is 33.0 Å². The van der Waals surface area contributed by atoms with Gasteiger partial charge < -0.3 is 24.4 Å². The van der Waals surface area contributed by atoms with E-state index < -0.39 is 6.23 Å². The van der Waals surface area contributed by atoms with Crippen LogP contribution in [0.25, 0.3) is 0 Å². The first-order valence-electron chi connectivity index (χ1n) is 9.22. The van der Waals surface area contributed by atoms with Crippen molar-refractivity contribution >= 4 is 39.1 Å². The lowest BCUT2D eigenvalue weighted by Gasteiger charge is -2.41. The molecule has 0 saturated heterocycles. The Morgan fingerprint density at radius 3 is 2.89 bits per heavy atom. The molecule has 1 fully saturated rings. The van der Waals surface area contributed by atoms with Gasteiger partial charge in [-0.05, 0) is 47.2 Å². The van der Waals surface area contributed by atoms with E-state index in [0.717, 1.165) is 16.6 Å². The molecule has 1 N–H and O–H groups in total.